The predicted molar refractivity (Wildman–Crippen MR) is 134 cm³/mol. The summed E-state index contributed by atoms with van der Waals surface area (Å²) in [6.07, 6.45) is 1.75. The number of thiophene rings is 1. The first kappa shape index (κ1) is 23.9. The Balaban J connectivity index is 1.53. The Morgan fingerprint density at radius 1 is 1.03 bits per heavy atom. The highest BCUT2D eigenvalue weighted by Gasteiger charge is 2.20. The molecule has 2 heterocycles. The van der Waals surface area contributed by atoms with E-state index >= 15 is 0 Å². The monoisotopic (exact) mass is 494 g/mol. The number of benzene rings is 2. The number of hydrogen-bond donors (Lipinski definition) is 2. The topological polar surface area (TPSA) is 93.1 Å². The molecule has 176 valence electrons. The van der Waals surface area contributed by atoms with Crippen molar-refractivity contribution in [2.45, 2.75) is 37.9 Å². The zero-order valence-electron chi connectivity index (χ0n) is 18.9. The summed E-state index contributed by atoms with van der Waals surface area (Å²) >= 11 is 1.52. The van der Waals surface area contributed by atoms with Crippen LogP contribution < -0.4 is 10.0 Å². The number of nitrogens with zero attached hydrogens (tertiary/aromatic N) is 2. The first-order chi connectivity index (χ1) is 16.3. The smallest absolute Gasteiger partial charge is 0.255 e. The van der Waals surface area contributed by atoms with Crippen LogP contribution in [0.25, 0.3) is 10.6 Å². The van der Waals surface area contributed by atoms with Crippen LogP contribution in [-0.4, -0.2) is 30.1 Å². The van der Waals surface area contributed by atoms with Crippen molar-refractivity contribution in [1.82, 2.24) is 19.8 Å². The highest BCUT2D eigenvalue weighted by molar-refractivity contribution is 7.89. The number of nitrogens with one attached hydrogen (secondary N) is 2. The van der Waals surface area contributed by atoms with Gasteiger partial charge in [-0.15, -0.1) is 11.3 Å². The molecule has 2 aromatic carbocycles. The van der Waals surface area contributed by atoms with E-state index in [0.717, 1.165) is 10.4 Å². The lowest BCUT2D eigenvalue weighted by molar-refractivity contribution is 0.0951. The molecule has 2 aromatic heterocycles. The van der Waals surface area contributed by atoms with Crippen molar-refractivity contribution in [2.24, 2.45) is 0 Å². The Morgan fingerprint density at radius 3 is 2.50 bits per heavy atom. The third-order valence-corrected chi connectivity index (χ3v) is 7.53. The van der Waals surface area contributed by atoms with E-state index in [2.05, 4.69) is 15.1 Å². The summed E-state index contributed by atoms with van der Waals surface area (Å²) in [4.78, 5) is 14.2. The van der Waals surface area contributed by atoms with E-state index < -0.39 is 10.0 Å². The number of carbonyl (C=O) groups excluding carboxylic acids is 1. The summed E-state index contributed by atoms with van der Waals surface area (Å²) in [6, 6.07) is 20.2. The maximum atomic E-state index is 13.1. The molecule has 0 aliphatic heterocycles. The van der Waals surface area contributed by atoms with Crippen LogP contribution in [0.3, 0.4) is 0 Å². The lowest BCUT2D eigenvalue weighted by atomic mass is 10.2. The maximum absolute atomic E-state index is 13.1. The van der Waals surface area contributed by atoms with E-state index in [4.69, 9.17) is 0 Å². The fourth-order valence-corrected chi connectivity index (χ4v) is 5.56. The molecule has 0 aliphatic carbocycles. The largest absolute Gasteiger partial charge is 0.348 e. The molecular formula is C25H26N4O3S2. The van der Waals surface area contributed by atoms with Gasteiger partial charge in [0.1, 0.15) is 5.69 Å². The van der Waals surface area contributed by atoms with Gasteiger partial charge in [0, 0.05) is 18.8 Å². The highest BCUT2D eigenvalue weighted by Crippen LogP contribution is 2.27. The summed E-state index contributed by atoms with van der Waals surface area (Å²) in [6.45, 7) is 4.28. The summed E-state index contributed by atoms with van der Waals surface area (Å²) < 4.78 is 29.3. The van der Waals surface area contributed by atoms with E-state index in [0.29, 0.717) is 23.4 Å². The molecule has 2 N–H and O–H groups in total. The molecule has 0 saturated heterocycles. The Labute approximate surface area is 203 Å². The summed E-state index contributed by atoms with van der Waals surface area (Å²) in [7, 11) is -3.61. The van der Waals surface area contributed by atoms with Crippen molar-refractivity contribution < 1.29 is 13.2 Å². The average Bonchev–Trinajstić information content (AvgIpc) is 3.48. The molecule has 0 spiro atoms. The van der Waals surface area contributed by atoms with Gasteiger partial charge in [-0.05, 0) is 48.6 Å². The number of rotatable bonds is 9. The Hall–Kier alpha value is -3.27. The van der Waals surface area contributed by atoms with Gasteiger partial charge >= 0.3 is 0 Å². The summed E-state index contributed by atoms with van der Waals surface area (Å²) in [5, 5.41) is 9.54. The van der Waals surface area contributed by atoms with E-state index in [9.17, 15) is 13.2 Å². The SMILES string of the molecule is CC(C)NS(=O)(=O)c1cccc(CNC(=O)c2cn(Cc3ccccc3)nc2-c2cccs2)c1. The standard InChI is InChI=1S/C25H26N4O3S2/c1-18(2)28-34(31,32)21-11-6-10-20(14-21)15-26-25(30)22-17-29(16-19-8-4-3-5-9-19)27-24(22)23-12-7-13-33-23/h3-14,17-18,28H,15-16H2,1-2H3,(H,26,30). The zero-order chi connectivity index (χ0) is 24.1. The molecule has 1 amide bonds. The predicted octanol–water partition coefficient (Wildman–Crippen LogP) is 4.28. The van der Waals surface area contributed by atoms with Gasteiger partial charge in [-0.3, -0.25) is 9.48 Å². The maximum Gasteiger partial charge on any atom is 0.255 e. The van der Waals surface area contributed by atoms with E-state index in [-0.39, 0.29) is 23.4 Å². The molecule has 4 aromatic rings. The fourth-order valence-electron chi connectivity index (χ4n) is 3.51. The summed E-state index contributed by atoms with van der Waals surface area (Å²) in [5.74, 6) is -0.267. The molecule has 0 saturated carbocycles. The summed E-state index contributed by atoms with van der Waals surface area (Å²) in [5.41, 5.74) is 2.88. The fraction of sp³-hybridized carbons (Fsp3) is 0.200. The van der Waals surface area contributed by atoms with Crippen LogP contribution in [0, 0.1) is 0 Å². The van der Waals surface area contributed by atoms with Gasteiger partial charge in [-0.1, -0.05) is 48.5 Å². The van der Waals surface area contributed by atoms with Crippen LogP contribution >= 0.6 is 11.3 Å². The third-order valence-electron chi connectivity index (χ3n) is 5.00. The van der Waals surface area contributed by atoms with Crippen LogP contribution in [0.2, 0.25) is 0 Å². The Morgan fingerprint density at radius 2 is 1.79 bits per heavy atom. The van der Waals surface area contributed by atoms with Crippen LogP contribution in [-0.2, 0) is 23.1 Å². The Bertz CT molecular complexity index is 1360. The molecule has 0 radical (unpaired) electrons. The second-order valence-electron chi connectivity index (χ2n) is 8.16. The minimum atomic E-state index is -3.61. The number of amides is 1. The van der Waals surface area contributed by atoms with Gasteiger partial charge < -0.3 is 5.32 Å². The molecule has 9 heteroatoms. The second-order valence-corrected chi connectivity index (χ2v) is 10.8. The molecule has 0 atom stereocenters. The molecule has 0 unspecified atom stereocenters. The van der Waals surface area contributed by atoms with Crippen molar-refractivity contribution in [3.05, 3.63) is 95.0 Å². The van der Waals surface area contributed by atoms with E-state index in [1.165, 1.54) is 11.3 Å². The minimum absolute atomic E-state index is 0.169. The quantitative estimate of drug-likeness (QED) is 0.363. The molecule has 0 bridgehead atoms. The van der Waals surface area contributed by atoms with Crippen molar-refractivity contribution >= 4 is 27.3 Å². The van der Waals surface area contributed by atoms with Gasteiger partial charge in [0.2, 0.25) is 10.0 Å². The highest BCUT2D eigenvalue weighted by atomic mass is 32.2. The number of hydrogen-bond acceptors (Lipinski definition) is 5. The van der Waals surface area contributed by atoms with Gasteiger partial charge in [-0.2, -0.15) is 5.10 Å². The Kier molecular flexibility index (Phi) is 7.26. The molecule has 4 rings (SSSR count). The lowest BCUT2D eigenvalue weighted by Crippen LogP contribution is -2.30. The minimum Gasteiger partial charge on any atom is -0.348 e. The van der Waals surface area contributed by atoms with Gasteiger partial charge in [0.05, 0.1) is 21.9 Å². The molecular weight excluding hydrogens is 468 g/mol. The first-order valence-corrected chi connectivity index (χ1v) is 13.2. The van der Waals surface area contributed by atoms with Crippen molar-refractivity contribution in [1.29, 1.82) is 0 Å². The van der Waals surface area contributed by atoms with Gasteiger partial charge in [0.25, 0.3) is 5.91 Å². The number of aromatic nitrogens is 2. The molecule has 34 heavy (non-hydrogen) atoms. The zero-order valence-corrected chi connectivity index (χ0v) is 20.6. The normalized spacial score (nSPS) is 11.6. The van der Waals surface area contributed by atoms with Crippen molar-refractivity contribution in [3.8, 4) is 10.6 Å². The van der Waals surface area contributed by atoms with Crippen LogP contribution in [0.15, 0.2) is 83.2 Å². The van der Waals surface area contributed by atoms with Crippen LogP contribution in [0.5, 0.6) is 0 Å². The van der Waals surface area contributed by atoms with Crippen molar-refractivity contribution in [3.63, 3.8) is 0 Å². The third kappa shape index (κ3) is 5.80. The van der Waals surface area contributed by atoms with E-state index in [1.807, 2.05) is 47.8 Å². The average molecular weight is 495 g/mol. The van der Waals surface area contributed by atoms with Crippen LogP contribution in [0.4, 0.5) is 0 Å². The number of carbonyl (C=O) groups is 1. The molecule has 0 aliphatic rings. The molecule has 7 nitrogen and oxygen atoms in total. The van der Waals surface area contributed by atoms with Gasteiger partial charge in [-0.25, -0.2) is 13.1 Å². The lowest BCUT2D eigenvalue weighted by Gasteiger charge is -2.11. The van der Waals surface area contributed by atoms with Gasteiger partial charge in [0.15, 0.2) is 0 Å². The number of sulfonamides is 1. The van der Waals surface area contributed by atoms with E-state index in [1.54, 1.807) is 49.0 Å². The second kappa shape index (κ2) is 10.3. The van der Waals surface area contributed by atoms with Crippen molar-refractivity contribution in [2.75, 3.05) is 0 Å². The first-order valence-electron chi connectivity index (χ1n) is 10.9. The molecule has 0 fully saturated rings. The van der Waals surface area contributed by atoms with Crippen LogP contribution in [0.1, 0.15) is 35.3 Å².